The summed E-state index contributed by atoms with van der Waals surface area (Å²) in [6, 6.07) is 6.57. The van der Waals surface area contributed by atoms with Crippen molar-refractivity contribution in [2.45, 2.75) is 31.9 Å². The van der Waals surface area contributed by atoms with Gasteiger partial charge in [-0.2, -0.15) is 13.2 Å². The smallest absolute Gasteiger partial charge is 0.416 e. The van der Waals surface area contributed by atoms with Gasteiger partial charge in [0.2, 0.25) is 0 Å². The maximum atomic E-state index is 14.4. The van der Waals surface area contributed by atoms with Gasteiger partial charge in [0.15, 0.2) is 0 Å². The highest BCUT2D eigenvalue weighted by Gasteiger charge is 2.32. The molecule has 2 aromatic rings. The van der Waals surface area contributed by atoms with E-state index in [2.05, 4.69) is 0 Å². The Hall–Kier alpha value is -2.92. The molecule has 1 N–H and O–H groups in total. The van der Waals surface area contributed by atoms with Crippen molar-refractivity contribution in [2.24, 2.45) is 0 Å². The Morgan fingerprint density at radius 1 is 1.17 bits per heavy atom. The number of hydrogen-bond acceptors (Lipinski definition) is 5. The average molecular weight is 528 g/mol. The van der Waals surface area contributed by atoms with Crippen molar-refractivity contribution in [1.29, 1.82) is 0 Å². The summed E-state index contributed by atoms with van der Waals surface area (Å²) in [5.41, 5.74) is -0.639. The third kappa shape index (κ3) is 6.61. The number of methoxy groups -OCH3 is 1. The van der Waals surface area contributed by atoms with Crippen molar-refractivity contribution < 1.29 is 37.0 Å². The minimum Gasteiger partial charge on any atom is -0.496 e. The maximum Gasteiger partial charge on any atom is 0.416 e. The van der Waals surface area contributed by atoms with Gasteiger partial charge in [0.1, 0.15) is 15.9 Å². The first-order valence-corrected chi connectivity index (χ1v) is 11.8. The Labute approximate surface area is 208 Å². The predicted molar refractivity (Wildman–Crippen MR) is 129 cm³/mol. The van der Waals surface area contributed by atoms with E-state index in [1.165, 1.54) is 36.3 Å². The number of aliphatic carboxylic acids is 1. The Bertz CT molecular complexity index is 1180. The lowest BCUT2D eigenvalue weighted by Gasteiger charge is -2.14. The van der Waals surface area contributed by atoms with E-state index in [9.17, 15) is 27.2 Å². The molecule has 1 aliphatic rings. The standard InChI is InChI=1S/C24H21F4NO4S2/c1-33-19-9-6-14(17-13-16(24(26,27)28)7-8-18(17)25)11-15(19)12-20-22(32)29(23(34)35-20)10-4-2-3-5-21(30)31/h6-9,11-13H,2-5,10H2,1H3,(H,30,31). The van der Waals surface area contributed by atoms with E-state index in [-0.39, 0.29) is 23.5 Å². The first kappa shape index (κ1) is 26.7. The topological polar surface area (TPSA) is 66.8 Å². The van der Waals surface area contributed by atoms with Crippen LogP contribution in [-0.2, 0) is 15.8 Å². The summed E-state index contributed by atoms with van der Waals surface area (Å²) in [5.74, 6) is -1.68. The fourth-order valence-electron chi connectivity index (χ4n) is 3.49. The molecule has 0 bridgehead atoms. The Morgan fingerprint density at radius 2 is 1.91 bits per heavy atom. The highest BCUT2D eigenvalue weighted by molar-refractivity contribution is 8.26. The molecule has 0 aliphatic carbocycles. The Balaban J connectivity index is 1.86. The summed E-state index contributed by atoms with van der Waals surface area (Å²) >= 11 is 6.38. The number of nitrogens with zero attached hydrogens (tertiary/aromatic N) is 1. The SMILES string of the molecule is COc1ccc(-c2cc(C(F)(F)F)ccc2F)cc1C=C1SC(=S)N(CCCCCC(=O)O)C1=O. The summed E-state index contributed by atoms with van der Waals surface area (Å²) < 4.78 is 59.5. The van der Waals surface area contributed by atoms with Crippen LogP contribution in [0.4, 0.5) is 17.6 Å². The van der Waals surface area contributed by atoms with Gasteiger partial charge in [0, 0.05) is 24.1 Å². The van der Waals surface area contributed by atoms with Gasteiger partial charge in [-0.05, 0) is 54.8 Å². The molecule has 186 valence electrons. The van der Waals surface area contributed by atoms with Crippen LogP contribution in [-0.4, -0.2) is 39.9 Å². The Morgan fingerprint density at radius 3 is 2.57 bits per heavy atom. The molecule has 0 saturated carbocycles. The van der Waals surface area contributed by atoms with Crippen molar-refractivity contribution in [1.82, 2.24) is 4.90 Å². The van der Waals surface area contributed by atoms with Crippen LogP contribution in [0, 0.1) is 5.82 Å². The van der Waals surface area contributed by atoms with Gasteiger partial charge >= 0.3 is 12.1 Å². The third-order valence-corrected chi connectivity index (χ3v) is 6.64. The number of carboxylic acids is 1. The van der Waals surface area contributed by atoms with Crippen LogP contribution in [0.1, 0.15) is 36.8 Å². The molecule has 1 heterocycles. The second-order valence-corrected chi connectivity index (χ2v) is 9.36. The molecule has 35 heavy (non-hydrogen) atoms. The van der Waals surface area contributed by atoms with Crippen molar-refractivity contribution in [3.05, 3.63) is 58.2 Å². The van der Waals surface area contributed by atoms with E-state index in [4.69, 9.17) is 22.1 Å². The summed E-state index contributed by atoms with van der Waals surface area (Å²) in [7, 11) is 1.40. The molecule has 11 heteroatoms. The average Bonchev–Trinajstić information content (AvgIpc) is 3.05. The van der Waals surface area contributed by atoms with Gasteiger partial charge in [-0.1, -0.05) is 36.5 Å². The largest absolute Gasteiger partial charge is 0.496 e. The predicted octanol–water partition coefficient (Wildman–Crippen LogP) is 6.37. The van der Waals surface area contributed by atoms with Crippen molar-refractivity contribution >= 4 is 46.3 Å². The number of rotatable bonds is 9. The van der Waals surface area contributed by atoms with E-state index in [1.54, 1.807) is 0 Å². The fourth-order valence-corrected chi connectivity index (χ4v) is 4.79. The molecular weight excluding hydrogens is 506 g/mol. The van der Waals surface area contributed by atoms with E-state index < -0.39 is 23.5 Å². The number of carbonyl (C=O) groups is 2. The van der Waals surface area contributed by atoms with Gasteiger partial charge in [-0.25, -0.2) is 4.39 Å². The lowest BCUT2D eigenvalue weighted by Crippen LogP contribution is -2.29. The molecule has 1 saturated heterocycles. The monoisotopic (exact) mass is 527 g/mol. The highest BCUT2D eigenvalue weighted by Crippen LogP contribution is 2.38. The van der Waals surface area contributed by atoms with E-state index in [1.807, 2.05) is 0 Å². The lowest BCUT2D eigenvalue weighted by molar-refractivity contribution is -0.138. The first-order valence-electron chi connectivity index (χ1n) is 10.5. The number of benzene rings is 2. The molecule has 3 rings (SSSR count). The number of carboxylic acid groups (broad SMARTS) is 1. The molecular formula is C24H21F4NO4S2. The van der Waals surface area contributed by atoms with Crippen molar-refractivity contribution in [3.63, 3.8) is 0 Å². The number of alkyl halides is 3. The van der Waals surface area contributed by atoms with Crippen LogP contribution in [0.25, 0.3) is 17.2 Å². The second-order valence-electron chi connectivity index (χ2n) is 7.69. The van der Waals surface area contributed by atoms with Crippen LogP contribution in [0.15, 0.2) is 41.3 Å². The second kappa shape index (κ2) is 11.2. The van der Waals surface area contributed by atoms with E-state index >= 15 is 0 Å². The van der Waals surface area contributed by atoms with Gasteiger partial charge < -0.3 is 9.84 Å². The maximum absolute atomic E-state index is 14.4. The summed E-state index contributed by atoms with van der Waals surface area (Å²) in [6.45, 7) is 0.342. The number of amides is 1. The number of carbonyl (C=O) groups excluding carboxylic acids is 1. The molecule has 0 atom stereocenters. The van der Waals surface area contributed by atoms with E-state index in [0.29, 0.717) is 52.4 Å². The fraction of sp³-hybridized carbons (Fsp3) is 0.292. The number of ether oxygens (including phenoxy) is 1. The van der Waals surface area contributed by atoms with Crippen molar-refractivity contribution in [3.8, 4) is 16.9 Å². The van der Waals surface area contributed by atoms with Gasteiger partial charge in [0.05, 0.1) is 17.6 Å². The van der Waals surface area contributed by atoms with Crippen LogP contribution >= 0.6 is 24.0 Å². The zero-order valence-electron chi connectivity index (χ0n) is 18.5. The highest BCUT2D eigenvalue weighted by atomic mass is 32.2. The van der Waals surface area contributed by atoms with Crippen LogP contribution < -0.4 is 4.74 Å². The lowest BCUT2D eigenvalue weighted by atomic mass is 9.99. The molecule has 1 aliphatic heterocycles. The zero-order valence-corrected chi connectivity index (χ0v) is 20.2. The minimum atomic E-state index is -4.63. The quantitative estimate of drug-likeness (QED) is 0.177. The molecule has 1 amide bonds. The molecule has 0 aromatic heterocycles. The molecule has 1 fully saturated rings. The van der Waals surface area contributed by atoms with Crippen molar-refractivity contribution in [2.75, 3.05) is 13.7 Å². The normalized spacial score (nSPS) is 15.2. The van der Waals surface area contributed by atoms with Crippen LogP contribution in [0.3, 0.4) is 0 Å². The first-order chi connectivity index (χ1) is 16.5. The molecule has 0 unspecified atom stereocenters. The minimum absolute atomic E-state index is 0.0565. The van der Waals surface area contributed by atoms with Gasteiger partial charge in [-0.3, -0.25) is 14.5 Å². The summed E-state index contributed by atoms with van der Waals surface area (Å²) in [4.78, 5) is 25.2. The third-order valence-electron chi connectivity index (χ3n) is 5.27. The van der Waals surface area contributed by atoms with Gasteiger partial charge in [0.25, 0.3) is 5.91 Å². The number of hydrogen-bond donors (Lipinski definition) is 1. The van der Waals surface area contributed by atoms with Gasteiger partial charge in [-0.15, -0.1) is 0 Å². The summed E-state index contributed by atoms with van der Waals surface area (Å²) in [6.07, 6.45) is -1.35. The Kier molecular flexibility index (Phi) is 8.55. The number of halogens is 4. The van der Waals surface area contributed by atoms with Crippen LogP contribution in [0.5, 0.6) is 5.75 Å². The van der Waals surface area contributed by atoms with Crippen LogP contribution in [0.2, 0.25) is 0 Å². The van der Waals surface area contributed by atoms with E-state index in [0.717, 1.165) is 23.9 Å². The summed E-state index contributed by atoms with van der Waals surface area (Å²) in [5, 5.41) is 8.71. The number of thiocarbonyl (C=S) groups is 1. The zero-order chi connectivity index (χ0) is 25.8. The molecule has 0 spiro atoms. The number of unbranched alkanes of at least 4 members (excludes halogenated alkanes) is 2. The number of thioether (sulfide) groups is 1. The molecule has 2 aromatic carbocycles. The molecule has 0 radical (unpaired) electrons. The molecule has 5 nitrogen and oxygen atoms in total.